The van der Waals surface area contributed by atoms with Crippen molar-refractivity contribution in [3.8, 4) is 5.75 Å². The Hall–Kier alpha value is -1.55. The van der Waals surface area contributed by atoms with Gasteiger partial charge in [0.15, 0.2) is 0 Å². The highest BCUT2D eigenvalue weighted by Crippen LogP contribution is 2.26. The lowest BCUT2D eigenvalue weighted by molar-refractivity contribution is -0.117. The molecule has 1 amide bonds. The van der Waals surface area contributed by atoms with Crippen molar-refractivity contribution in [2.75, 3.05) is 19.0 Å². The second-order valence-corrected chi connectivity index (χ2v) is 5.13. The lowest BCUT2D eigenvalue weighted by atomic mass is 10.1. The number of unbranched alkanes of at least 4 members (excludes halogenated alkanes) is 1. The molecule has 1 atom stereocenters. The molecule has 0 radical (unpaired) electrons. The van der Waals surface area contributed by atoms with Crippen LogP contribution in [0.1, 0.15) is 37.8 Å². The second-order valence-electron chi connectivity index (χ2n) is 5.13. The van der Waals surface area contributed by atoms with Gasteiger partial charge in [0.2, 0.25) is 5.91 Å². The maximum absolute atomic E-state index is 11.9. The zero-order valence-electron chi connectivity index (χ0n) is 13.2. The van der Waals surface area contributed by atoms with E-state index in [-0.39, 0.29) is 11.9 Å². The summed E-state index contributed by atoms with van der Waals surface area (Å²) in [5.41, 5.74) is 2.92. The van der Waals surface area contributed by atoms with Crippen LogP contribution in [0.2, 0.25) is 0 Å². The zero-order chi connectivity index (χ0) is 15.1. The molecule has 0 aromatic heterocycles. The van der Waals surface area contributed by atoms with Gasteiger partial charge in [-0.1, -0.05) is 13.3 Å². The van der Waals surface area contributed by atoms with E-state index in [4.69, 9.17) is 4.74 Å². The van der Waals surface area contributed by atoms with Crippen LogP contribution in [0, 0.1) is 13.8 Å². The van der Waals surface area contributed by atoms with Crippen LogP contribution in [0.15, 0.2) is 12.1 Å². The van der Waals surface area contributed by atoms with Gasteiger partial charge in [0.1, 0.15) is 5.75 Å². The van der Waals surface area contributed by atoms with Crippen LogP contribution in [-0.4, -0.2) is 25.6 Å². The Bertz CT molecular complexity index is 435. The standard InChI is InChI=1S/C16H26N2O2/c1-6-7-8-20-14-9-11(2)15(12(3)10-14)18-16(19)13(4)17-5/h9-10,13,17H,6-8H2,1-5H3,(H,18,19). The monoisotopic (exact) mass is 278 g/mol. The van der Waals surface area contributed by atoms with Gasteiger partial charge in [0, 0.05) is 5.69 Å². The number of benzene rings is 1. The van der Waals surface area contributed by atoms with E-state index in [1.54, 1.807) is 7.05 Å². The SMILES string of the molecule is CCCCOc1cc(C)c(NC(=O)C(C)NC)c(C)c1. The summed E-state index contributed by atoms with van der Waals surface area (Å²) in [6.45, 7) is 8.68. The molecule has 0 heterocycles. The van der Waals surface area contributed by atoms with E-state index >= 15 is 0 Å². The average molecular weight is 278 g/mol. The lowest BCUT2D eigenvalue weighted by Gasteiger charge is -2.16. The average Bonchev–Trinajstić information content (AvgIpc) is 2.42. The highest BCUT2D eigenvalue weighted by atomic mass is 16.5. The number of anilines is 1. The Balaban J connectivity index is 2.81. The van der Waals surface area contributed by atoms with Gasteiger partial charge >= 0.3 is 0 Å². The third kappa shape index (κ3) is 4.53. The topological polar surface area (TPSA) is 50.4 Å². The van der Waals surface area contributed by atoms with Crippen molar-refractivity contribution in [2.24, 2.45) is 0 Å². The molecular formula is C16H26N2O2. The van der Waals surface area contributed by atoms with Crippen LogP contribution in [0.4, 0.5) is 5.69 Å². The van der Waals surface area contributed by atoms with Crippen LogP contribution in [0.25, 0.3) is 0 Å². The Morgan fingerprint density at radius 2 is 1.90 bits per heavy atom. The third-order valence-corrected chi connectivity index (χ3v) is 3.35. The molecule has 0 saturated carbocycles. The van der Waals surface area contributed by atoms with E-state index in [9.17, 15) is 4.79 Å². The van der Waals surface area contributed by atoms with Crippen LogP contribution < -0.4 is 15.4 Å². The Labute approximate surface area is 121 Å². The largest absolute Gasteiger partial charge is 0.494 e. The Morgan fingerprint density at radius 3 is 2.40 bits per heavy atom. The molecule has 4 heteroatoms. The van der Waals surface area contributed by atoms with Gasteiger partial charge in [0.05, 0.1) is 12.6 Å². The number of hydrogen-bond donors (Lipinski definition) is 2. The van der Waals surface area contributed by atoms with E-state index in [1.165, 1.54) is 0 Å². The predicted octanol–water partition coefficient (Wildman–Crippen LogP) is 3.03. The normalized spacial score (nSPS) is 12.1. The number of ether oxygens (including phenoxy) is 1. The van der Waals surface area contributed by atoms with E-state index in [1.807, 2.05) is 32.9 Å². The highest BCUT2D eigenvalue weighted by molar-refractivity contribution is 5.96. The van der Waals surface area contributed by atoms with Crippen molar-refractivity contribution in [3.63, 3.8) is 0 Å². The summed E-state index contributed by atoms with van der Waals surface area (Å²) in [7, 11) is 1.77. The minimum absolute atomic E-state index is 0.0293. The second kappa shape index (κ2) is 7.90. The summed E-state index contributed by atoms with van der Waals surface area (Å²) < 4.78 is 5.71. The molecule has 0 aliphatic heterocycles. The first-order valence-electron chi connectivity index (χ1n) is 7.21. The van der Waals surface area contributed by atoms with Gasteiger partial charge in [-0.15, -0.1) is 0 Å². The summed E-state index contributed by atoms with van der Waals surface area (Å²) >= 11 is 0. The van der Waals surface area contributed by atoms with Crippen molar-refractivity contribution >= 4 is 11.6 Å². The number of aryl methyl sites for hydroxylation is 2. The zero-order valence-corrected chi connectivity index (χ0v) is 13.2. The lowest BCUT2D eigenvalue weighted by Crippen LogP contribution is -2.35. The van der Waals surface area contributed by atoms with E-state index in [2.05, 4.69) is 17.6 Å². The summed E-state index contributed by atoms with van der Waals surface area (Å²) in [4.78, 5) is 11.9. The van der Waals surface area contributed by atoms with Gasteiger partial charge < -0.3 is 15.4 Å². The first-order chi connectivity index (χ1) is 9.49. The molecule has 112 valence electrons. The fourth-order valence-electron chi connectivity index (χ4n) is 1.90. The maximum Gasteiger partial charge on any atom is 0.241 e. The van der Waals surface area contributed by atoms with Crippen molar-refractivity contribution in [1.29, 1.82) is 0 Å². The van der Waals surface area contributed by atoms with E-state index in [0.717, 1.165) is 42.0 Å². The molecule has 0 saturated heterocycles. The van der Waals surface area contributed by atoms with Crippen LogP contribution in [0.3, 0.4) is 0 Å². The molecule has 1 unspecified atom stereocenters. The van der Waals surface area contributed by atoms with Gasteiger partial charge in [0.25, 0.3) is 0 Å². The third-order valence-electron chi connectivity index (χ3n) is 3.35. The molecule has 1 aromatic carbocycles. The number of amides is 1. The molecule has 0 aliphatic rings. The Morgan fingerprint density at radius 1 is 1.30 bits per heavy atom. The number of carbonyl (C=O) groups is 1. The maximum atomic E-state index is 11.9. The molecule has 1 rings (SSSR count). The van der Waals surface area contributed by atoms with Gasteiger partial charge in [-0.3, -0.25) is 4.79 Å². The fraction of sp³-hybridized carbons (Fsp3) is 0.562. The Kier molecular flexibility index (Phi) is 6.52. The first kappa shape index (κ1) is 16.5. The number of rotatable bonds is 7. The summed E-state index contributed by atoms with van der Waals surface area (Å²) in [5, 5.41) is 5.90. The number of hydrogen-bond acceptors (Lipinski definition) is 3. The van der Waals surface area contributed by atoms with Gasteiger partial charge in [-0.2, -0.15) is 0 Å². The molecule has 0 spiro atoms. The fourth-order valence-corrected chi connectivity index (χ4v) is 1.90. The minimum Gasteiger partial charge on any atom is -0.494 e. The minimum atomic E-state index is -0.214. The van der Waals surface area contributed by atoms with E-state index in [0.29, 0.717) is 0 Å². The van der Waals surface area contributed by atoms with Gasteiger partial charge in [-0.25, -0.2) is 0 Å². The van der Waals surface area contributed by atoms with Crippen molar-refractivity contribution in [1.82, 2.24) is 5.32 Å². The summed E-state index contributed by atoms with van der Waals surface area (Å²) in [6.07, 6.45) is 2.17. The summed E-state index contributed by atoms with van der Waals surface area (Å²) in [6, 6.07) is 3.74. The quantitative estimate of drug-likeness (QED) is 0.754. The highest BCUT2D eigenvalue weighted by Gasteiger charge is 2.13. The van der Waals surface area contributed by atoms with Crippen LogP contribution >= 0.6 is 0 Å². The number of carbonyl (C=O) groups excluding carboxylic acids is 1. The molecule has 0 aliphatic carbocycles. The van der Waals surface area contributed by atoms with Gasteiger partial charge in [-0.05, 0) is 57.5 Å². The number of likely N-dealkylation sites (N-methyl/N-ethyl adjacent to an activating group) is 1. The first-order valence-corrected chi connectivity index (χ1v) is 7.21. The molecule has 1 aromatic rings. The summed E-state index contributed by atoms with van der Waals surface area (Å²) in [5.74, 6) is 0.839. The van der Waals surface area contributed by atoms with Crippen molar-refractivity contribution in [3.05, 3.63) is 23.3 Å². The smallest absolute Gasteiger partial charge is 0.241 e. The predicted molar refractivity (Wildman–Crippen MR) is 83.5 cm³/mol. The molecule has 0 fully saturated rings. The molecule has 4 nitrogen and oxygen atoms in total. The molecular weight excluding hydrogens is 252 g/mol. The van der Waals surface area contributed by atoms with Crippen LogP contribution in [-0.2, 0) is 4.79 Å². The van der Waals surface area contributed by atoms with Crippen LogP contribution in [0.5, 0.6) is 5.75 Å². The number of nitrogens with one attached hydrogen (secondary N) is 2. The molecule has 2 N–H and O–H groups in total. The molecule has 20 heavy (non-hydrogen) atoms. The molecule has 0 bridgehead atoms. The van der Waals surface area contributed by atoms with E-state index < -0.39 is 0 Å². The van der Waals surface area contributed by atoms with Crippen molar-refractivity contribution < 1.29 is 9.53 Å². The van der Waals surface area contributed by atoms with Crippen molar-refractivity contribution in [2.45, 2.75) is 46.6 Å².